The third-order valence-electron chi connectivity index (χ3n) is 2.60. The van der Waals surface area contributed by atoms with Gasteiger partial charge < -0.3 is 25.1 Å². The molecular formula is C13H19NO5. The zero-order chi connectivity index (χ0) is 14.4. The Hall–Kier alpha value is -1.95. The van der Waals surface area contributed by atoms with Crippen LogP contribution in [0.25, 0.3) is 0 Å². The van der Waals surface area contributed by atoms with Gasteiger partial charge in [-0.1, -0.05) is 6.92 Å². The first-order valence-electron chi connectivity index (χ1n) is 5.83. The van der Waals surface area contributed by atoms with Gasteiger partial charge in [-0.2, -0.15) is 0 Å². The van der Waals surface area contributed by atoms with Crippen molar-refractivity contribution < 1.29 is 24.1 Å². The number of rotatable bonds is 6. The third-order valence-corrected chi connectivity index (χ3v) is 2.60. The molecule has 6 nitrogen and oxygen atoms in total. The molecule has 0 fully saturated rings. The number of hydrogen-bond acceptors (Lipinski definition) is 6. The molecule has 0 aliphatic rings. The lowest BCUT2D eigenvalue weighted by atomic mass is 10.1. The summed E-state index contributed by atoms with van der Waals surface area (Å²) in [6.45, 7) is 1.83. The van der Waals surface area contributed by atoms with Crippen LogP contribution < -0.4 is 15.2 Å². The predicted octanol–water partition coefficient (Wildman–Crippen LogP) is 1.07. The van der Waals surface area contributed by atoms with E-state index in [4.69, 9.17) is 25.1 Å². The molecule has 0 bridgehead atoms. The van der Waals surface area contributed by atoms with Crippen molar-refractivity contribution in [1.29, 1.82) is 0 Å². The first-order chi connectivity index (χ1) is 9.03. The van der Waals surface area contributed by atoms with E-state index < -0.39 is 5.97 Å². The average molecular weight is 269 g/mol. The van der Waals surface area contributed by atoms with Crippen LogP contribution in [-0.4, -0.2) is 38.5 Å². The number of aliphatic hydroxyl groups is 1. The molecule has 1 rings (SSSR count). The number of carbonyl (C=O) groups excluding carboxylic acids is 1. The molecule has 0 saturated carbocycles. The van der Waals surface area contributed by atoms with Crippen LogP contribution in [-0.2, 0) is 4.74 Å². The van der Waals surface area contributed by atoms with Crippen LogP contribution in [0.5, 0.6) is 11.5 Å². The minimum atomic E-state index is -0.574. The maximum absolute atomic E-state index is 11.9. The van der Waals surface area contributed by atoms with Crippen LogP contribution in [0, 0.1) is 5.92 Å². The summed E-state index contributed by atoms with van der Waals surface area (Å²) in [5, 5.41) is 8.88. The Morgan fingerprint density at radius 3 is 2.58 bits per heavy atom. The molecule has 106 valence electrons. The van der Waals surface area contributed by atoms with E-state index in [2.05, 4.69) is 0 Å². The van der Waals surface area contributed by atoms with Gasteiger partial charge in [0.2, 0.25) is 0 Å². The molecule has 0 heterocycles. The molecular weight excluding hydrogens is 250 g/mol. The molecule has 0 aliphatic carbocycles. The van der Waals surface area contributed by atoms with Gasteiger partial charge in [-0.05, 0) is 6.07 Å². The van der Waals surface area contributed by atoms with Crippen LogP contribution in [0.2, 0.25) is 0 Å². The number of nitrogen functional groups attached to an aromatic ring is 1. The zero-order valence-electron chi connectivity index (χ0n) is 11.3. The predicted molar refractivity (Wildman–Crippen MR) is 70.5 cm³/mol. The van der Waals surface area contributed by atoms with Crippen LogP contribution in [0.3, 0.4) is 0 Å². The van der Waals surface area contributed by atoms with Crippen molar-refractivity contribution in [3.8, 4) is 11.5 Å². The van der Waals surface area contributed by atoms with Crippen LogP contribution in [0.15, 0.2) is 12.1 Å². The molecule has 0 radical (unpaired) electrons. The lowest BCUT2D eigenvalue weighted by Gasteiger charge is -2.13. The topological polar surface area (TPSA) is 91.0 Å². The van der Waals surface area contributed by atoms with Gasteiger partial charge in [-0.15, -0.1) is 0 Å². The van der Waals surface area contributed by atoms with Gasteiger partial charge in [0.05, 0.1) is 32.1 Å². The van der Waals surface area contributed by atoms with Gasteiger partial charge in [0, 0.05) is 18.6 Å². The largest absolute Gasteiger partial charge is 0.497 e. The molecule has 19 heavy (non-hydrogen) atoms. The molecule has 0 aliphatic heterocycles. The lowest BCUT2D eigenvalue weighted by Crippen LogP contribution is -2.16. The fraction of sp³-hybridized carbons (Fsp3) is 0.462. The van der Waals surface area contributed by atoms with Crippen molar-refractivity contribution >= 4 is 11.7 Å². The number of ether oxygens (including phenoxy) is 3. The third kappa shape index (κ3) is 3.75. The monoisotopic (exact) mass is 269 g/mol. The minimum Gasteiger partial charge on any atom is -0.497 e. The van der Waals surface area contributed by atoms with E-state index in [0.717, 1.165) is 0 Å². The van der Waals surface area contributed by atoms with E-state index in [1.54, 1.807) is 13.0 Å². The molecule has 0 aromatic heterocycles. The number of hydrogen-bond donors (Lipinski definition) is 2. The average Bonchev–Trinajstić information content (AvgIpc) is 2.44. The zero-order valence-corrected chi connectivity index (χ0v) is 11.3. The Morgan fingerprint density at radius 2 is 2.05 bits per heavy atom. The molecule has 1 aromatic rings. The summed E-state index contributed by atoms with van der Waals surface area (Å²) in [6, 6.07) is 3.08. The normalized spacial score (nSPS) is 11.8. The Bertz CT molecular complexity index is 447. The highest BCUT2D eigenvalue weighted by Gasteiger charge is 2.18. The maximum Gasteiger partial charge on any atom is 0.340 e. The number of aliphatic hydroxyl groups excluding tert-OH is 1. The summed E-state index contributed by atoms with van der Waals surface area (Å²) in [5.74, 6) is 0.0994. The van der Waals surface area contributed by atoms with Crippen molar-refractivity contribution in [1.82, 2.24) is 0 Å². The Balaban J connectivity index is 2.95. The summed E-state index contributed by atoms with van der Waals surface area (Å²) in [4.78, 5) is 11.9. The highest BCUT2D eigenvalue weighted by atomic mass is 16.5. The smallest absolute Gasteiger partial charge is 0.340 e. The number of benzene rings is 1. The molecule has 0 saturated heterocycles. The van der Waals surface area contributed by atoms with E-state index >= 15 is 0 Å². The van der Waals surface area contributed by atoms with E-state index in [0.29, 0.717) is 11.5 Å². The van der Waals surface area contributed by atoms with Crippen LogP contribution in [0.4, 0.5) is 5.69 Å². The molecule has 0 amide bonds. The summed E-state index contributed by atoms with van der Waals surface area (Å²) in [6.07, 6.45) is 0. The van der Waals surface area contributed by atoms with Gasteiger partial charge in [0.1, 0.15) is 11.5 Å². The van der Waals surface area contributed by atoms with Crippen LogP contribution in [0.1, 0.15) is 17.3 Å². The van der Waals surface area contributed by atoms with Crippen molar-refractivity contribution in [2.45, 2.75) is 6.92 Å². The highest BCUT2D eigenvalue weighted by molar-refractivity contribution is 5.97. The number of carbonyl (C=O) groups is 1. The van der Waals surface area contributed by atoms with E-state index in [9.17, 15) is 4.79 Å². The van der Waals surface area contributed by atoms with Crippen molar-refractivity contribution in [2.75, 3.05) is 33.2 Å². The maximum atomic E-state index is 11.9. The fourth-order valence-corrected chi connectivity index (χ4v) is 1.41. The molecule has 1 atom stereocenters. The van der Waals surface area contributed by atoms with Gasteiger partial charge in [-0.3, -0.25) is 0 Å². The summed E-state index contributed by atoms with van der Waals surface area (Å²) >= 11 is 0. The standard InChI is InChI=1S/C13H19NO5/c1-8(6-15)7-19-13(16)10-4-9(17-2)5-11(18-3)12(10)14/h4-5,8,15H,6-7,14H2,1-3H3. The lowest BCUT2D eigenvalue weighted by molar-refractivity contribution is 0.0406. The van der Waals surface area contributed by atoms with Crippen molar-refractivity contribution in [2.24, 2.45) is 5.92 Å². The Morgan fingerprint density at radius 1 is 1.37 bits per heavy atom. The fourth-order valence-electron chi connectivity index (χ4n) is 1.41. The van der Waals surface area contributed by atoms with E-state index in [1.807, 2.05) is 0 Å². The second kappa shape index (κ2) is 6.84. The number of esters is 1. The first kappa shape index (κ1) is 15.1. The van der Waals surface area contributed by atoms with Crippen molar-refractivity contribution in [3.63, 3.8) is 0 Å². The SMILES string of the molecule is COc1cc(OC)c(N)c(C(=O)OCC(C)CO)c1. The quantitative estimate of drug-likeness (QED) is 0.593. The van der Waals surface area contributed by atoms with Gasteiger partial charge in [0.25, 0.3) is 0 Å². The second-order valence-electron chi connectivity index (χ2n) is 4.18. The van der Waals surface area contributed by atoms with Gasteiger partial charge in [0.15, 0.2) is 0 Å². The van der Waals surface area contributed by atoms with Crippen LogP contribution >= 0.6 is 0 Å². The second-order valence-corrected chi connectivity index (χ2v) is 4.18. The first-order valence-corrected chi connectivity index (χ1v) is 5.83. The molecule has 6 heteroatoms. The van der Waals surface area contributed by atoms with E-state index in [-0.39, 0.29) is 30.4 Å². The number of methoxy groups -OCH3 is 2. The Labute approximate surface area is 112 Å². The van der Waals surface area contributed by atoms with E-state index in [1.165, 1.54) is 20.3 Å². The molecule has 3 N–H and O–H groups in total. The molecule has 1 aromatic carbocycles. The Kier molecular flexibility index (Phi) is 5.44. The number of anilines is 1. The van der Waals surface area contributed by atoms with Gasteiger partial charge >= 0.3 is 5.97 Å². The summed E-state index contributed by atoms with van der Waals surface area (Å²) in [7, 11) is 2.93. The minimum absolute atomic E-state index is 0.0514. The van der Waals surface area contributed by atoms with Crippen molar-refractivity contribution in [3.05, 3.63) is 17.7 Å². The van der Waals surface area contributed by atoms with Gasteiger partial charge in [-0.25, -0.2) is 4.79 Å². The summed E-state index contributed by atoms with van der Waals surface area (Å²) in [5.41, 5.74) is 6.21. The highest BCUT2D eigenvalue weighted by Crippen LogP contribution is 2.31. The number of nitrogens with two attached hydrogens (primary N) is 1. The summed E-state index contributed by atoms with van der Waals surface area (Å²) < 4.78 is 15.2. The molecule has 0 spiro atoms. The molecule has 1 unspecified atom stereocenters.